The van der Waals surface area contributed by atoms with Crippen LogP contribution in [-0.2, 0) is 13.0 Å². The third-order valence-electron chi connectivity index (χ3n) is 5.06. The molecule has 21 heavy (non-hydrogen) atoms. The summed E-state index contributed by atoms with van der Waals surface area (Å²) in [7, 11) is 0. The normalized spacial score (nSPS) is 23.7. The second kappa shape index (κ2) is 7.64. The monoisotopic (exact) mass is 311 g/mol. The molecule has 0 amide bonds. The summed E-state index contributed by atoms with van der Waals surface area (Å²) in [4.78, 5) is 0. The van der Waals surface area contributed by atoms with Crippen molar-refractivity contribution >= 4 is 11.6 Å². The highest BCUT2D eigenvalue weighted by Gasteiger charge is 2.31. The lowest BCUT2D eigenvalue weighted by Gasteiger charge is -2.25. The number of aryl methyl sites for hydroxylation is 2. The highest BCUT2D eigenvalue weighted by Crippen LogP contribution is 2.36. The van der Waals surface area contributed by atoms with Gasteiger partial charge in [0, 0.05) is 19.0 Å². The number of halogens is 1. The molecule has 3 unspecified atom stereocenters. The van der Waals surface area contributed by atoms with Gasteiger partial charge in [-0.1, -0.05) is 38.3 Å². The Morgan fingerprint density at radius 3 is 2.67 bits per heavy atom. The second-order valence-electron chi connectivity index (χ2n) is 6.38. The fourth-order valence-corrected chi connectivity index (χ4v) is 4.00. The number of nitrogens with one attached hydrogen (secondary N) is 1. The van der Waals surface area contributed by atoms with Crippen LogP contribution in [0.15, 0.2) is 0 Å². The van der Waals surface area contributed by atoms with E-state index >= 15 is 0 Å². The minimum atomic E-state index is 0.533. The molecule has 1 fully saturated rings. The summed E-state index contributed by atoms with van der Waals surface area (Å²) >= 11 is 6.49. The van der Waals surface area contributed by atoms with Crippen molar-refractivity contribution in [2.45, 2.75) is 72.4 Å². The first-order valence-electron chi connectivity index (χ1n) is 8.55. The SMILES string of the molecule is CCNC(Cc1c(Cl)c(C)nn1CC)C1CCC(CC)C1. The predicted octanol–water partition coefficient (Wildman–Crippen LogP) is 4.21. The fourth-order valence-electron chi connectivity index (χ4n) is 3.79. The maximum atomic E-state index is 6.49. The van der Waals surface area contributed by atoms with Crippen molar-refractivity contribution in [1.29, 1.82) is 0 Å². The summed E-state index contributed by atoms with van der Waals surface area (Å²) in [6.07, 6.45) is 6.44. The van der Waals surface area contributed by atoms with Crippen molar-refractivity contribution < 1.29 is 0 Å². The van der Waals surface area contributed by atoms with Gasteiger partial charge in [-0.2, -0.15) is 5.10 Å². The molecule has 0 radical (unpaired) electrons. The zero-order valence-corrected chi connectivity index (χ0v) is 14.7. The van der Waals surface area contributed by atoms with Gasteiger partial charge in [0.15, 0.2) is 0 Å². The van der Waals surface area contributed by atoms with Gasteiger partial charge in [-0.15, -0.1) is 0 Å². The summed E-state index contributed by atoms with van der Waals surface area (Å²) in [5.74, 6) is 1.70. The molecule has 0 spiro atoms. The average molecular weight is 312 g/mol. The van der Waals surface area contributed by atoms with E-state index in [-0.39, 0.29) is 0 Å². The highest BCUT2D eigenvalue weighted by atomic mass is 35.5. The van der Waals surface area contributed by atoms with E-state index in [4.69, 9.17) is 11.6 Å². The molecule has 0 aromatic carbocycles. The molecule has 1 aliphatic rings. The van der Waals surface area contributed by atoms with E-state index < -0.39 is 0 Å². The number of nitrogens with zero attached hydrogens (tertiary/aromatic N) is 2. The van der Waals surface area contributed by atoms with Crippen molar-refractivity contribution in [2.24, 2.45) is 11.8 Å². The van der Waals surface area contributed by atoms with E-state index in [0.29, 0.717) is 6.04 Å². The third-order valence-corrected chi connectivity index (χ3v) is 5.55. The zero-order valence-electron chi connectivity index (χ0n) is 14.0. The van der Waals surface area contributed by atoms with E-state index in [1.165, 1.54) is 31.4 Å². The van der Waals surface area contributed by atoms with E-state index in [2.05, 4.69) is 35.9 Å². The van der Waals surface area contributed by atoms with Crippen molar-refractivity contribution in [1.82, 2.24) is 15.1 Å². The lowest BCUT2D eigenvalue weighted by Crippen LogP contribution is -2.37. The zero-order chi connectivity index (χ0) is 15.4. The molecular formula is C17H30ClN3. The Morgan fingerprint density at radius 2 is 2.10 bits per heavy atom. The molecule has 0 aliphatic heterocycles. The number of aromatic nitrogens is 2. The van der Waals surface area contributed by atoms with Crippen LogP contribution in [0, 0.1) is 18.8 Å². The first-order chi connectivity index (χ1) is 10.1. The maximum absolute atomic E-state index is 6.49. The van der Waals surface area contributed by atoms with Crippen molar-refractivity contribution in [3.63, 3.8) is 0 Å². The molecule has 1 aromatic heterocycles. The van der Waals surface area contributed by atoms with E-state index in [0.717, 1.165) is 42.1 Å². The maximum Gasteiger partial charge on any atom is 0.0847 e. The van der Waals surface area contributed by atoms with Crippen LogP contribution in [0.5, 0.6) is 0 Å². The number of hydrogen-bond acceptors (Lipinski definition) is 2. The average Bonchev–Trinajstić information content (AvgIpc) is 3.06. The Bertz CT molecular complexity index is 455. The van der Waals surface area contributed by atoms with Crippen LogP contribution in [0.3, 0.4) is 0 Å². The first kappa shape index (κ1) is 16.8. The molecule has 1 saturated carbocycles. The largest absolute Gasteiger partial charge is 0.314 e. The van der Waals surface area contributed by atoms with Gasteiger partial charge in [-0.25, -0.2) is 0 Å². The van der Waals surface area contributed by atoms with Crippen LogP contribution >= 0.6 is 11.6 Å². The Labute approximate surface area is 134 Å². The lowest BCUT2D eigenvalue weighted by atomic mass is 9.92. The van der Waals surface area contributed by atoms with Gasteiger partial charge in [0.2, 0.25) is 0 Å². The van der Waals surface area contributed by atoms with Gasteiger partial charge in [0.05, 0.1) is 16.4 Å². The third kappa shape index (κ3) is 3.81. The number of hydrogen-bond donors (Lipinski definition) is 1. The van der Waals surface area contributed by atoms with Gasteiger partial charge in [0.1, 0.15) is 0 Å². The molecule has 1 aliphatic carbocycles. The van der Waals surface area contributed by atoms with E-state index in [1.54, 1.807) is 0 Å². The highest BCUT2D eigenvalue weighted by molar-refractivity contribution is 6.31. The van der Waals surface area contributed by atoms with Crippen LogP contribution in [0.2, 0.25) is 5.02 Å². The first-order valence-corrected chi connectivity index (χ1v) is 8.93. The smallest absolute Gasteiger partial charge is 0.0847 e. The minimum Gasteiger partial charge on any atom is -0.314 e. The Balaban J connectivity index is 2.13. The van der Waals surface area contributed by atoms with Crippen LogP contribution in [0.25, 0.3) is 0 Å². The molecule has 1 aromatic rings. The van der Waals surface area contributed by atoms with Crippen LogP contribution < -0.4 is 5.32 Å². The molecular weight excluding hydrogens is 282 g/mol. The van der Waals surface area contributed by atoms with Gasteiger partial charge < -0.3 is 5.32 Å². The van der Waals surface area contributed by atoms with Gasteiger partial charge >= 0.3 is 0 Å². The van der Waals surface area contributed by atoms with Gasteiger partial charge in [-0.05, 0) is 45.1 Å². The Hall–Kier alpha value is -0.540. The number of likely N-dealkylation sites (N-methyl/N-ethyl adjacent to an activating group) is 1. The van der Waals surface area contributed by atoms with E-state index in [1.807, 2.05) is 6.92 Å². The topological polar surface area (TPSA) is 29.9 Å². The number of rotatable bonds is 7. The molecule has 1 N–H and O–H groups in total. The minimum absolute atomic E-state index is 0.533. The summed E-state index contributed by atoms with van der Waals surface area (Å²) in [6.45, 7) is 10.6. The molecule has 120 valence electrons. The summed E-state index contributed by atoms with van der Waals surface area (Å²) in [5, 5.41) is 9.13. The Kier molecular flexibility index (Phi) is 6.12. The predicted molar refractivity (Wildman–Crippen MR) is 89.9 cm³/mol. The molecule has 3 nitrogen and oxygen atoms in total. The summed E-state index contributed by atoms with van der Waals surface area (Å²) in [6, 6.07) is 0.533. The van der Waals surface area contributed by atoms with Crippen molar-refractivity contribution in [2.75, 3.05) is 6.54 Å². The van der Waals surface area contributed by atoms with Gasteiger partial charge in [0.25, 0.3) is 0 Å². The quantitative estimate of drug-likeness (QED) is 0.817. The fraction of sp³-hybridized carbons (Fsp3) is 0.824. The Morgan fingerprint density at radius 1 is 1.33 bits per heavy atom. The second-order valence-corrected chi connectivity index (χ2v) is 6.76. The molecule has 2 rings (SSSR count). The molecule has 0 bridgehead atoms. The standard InChI is InChI=1S/C17H30ClN3/c1-5-13-8-9-14(10-13)15(19-6-2)11-16-17(18)12(4)20-21(16)7-3/h13-15,19H,5-11H2,1-4H3. The summed E-state index contributed by atoms with van der Waals surface area (Å²) < 4.78 is 2.08. The molecule has 3 atom stereocenters. The van der Waals surface area contributed by atoms with Crippen molar-refractivity contribution in [3.8, 4) is 0 Å². The lowest BCUT2D eigenvalue weighted by molar-refractivity contribution is 0.342. The van der Waals surface area contributed by atoms with Crippen LogP contribution in [-0.4, -0.2) is 22.4 Å². The molecule has 1 heterocycles. The van der Waals surface area contributed by atoms with Crippen LogP contribution in [0.4, 0.5) is 0 Å². The molecule has 0 saturated heterocycles. The van der Waals surface area contributed by atoms with E-state index in [9.17, 15) is 0 Å². The summed E-state index contributed by atoms with van der Waals surface area (Å²) in [5.41, 5.74) is 2.17. The van der Waals surface area contributed by atoms with Crippen molar-refractivity contribution in [3.05, 3.63) is 16.4 Å². The molecule has 4 heteroatoms. The van der Waals surface area contributed by atoms with Crippen LogP contribution in [0.1, 0.15) is 57.8 Å². The van der Waals surface area contributed by atoms with Gasteiger partial charge in [-0.3, -0.25) is 4.68 Å².